The summed E-state index contributed by atoms with van der Waals surface area (Å²) in [5, 5.41) is 0.234. The lowest BCUT2D eigenvalue weighted by molar-refractivity contribution is -0.137. The van der Waals surface area contributed by atoms with Crippen LogP contribution >= 0.6 is 23.2 Å². The van der Waals surface area contributed by atoms with Gasteiger partial charge in [-0.05, 0) is 42.0 Å². The minimum atomic E-state index is -4.51. The fourth-order valence-corrected chi connectivity index (χ4v) is 3.71. The Morgan fingerprint density at radius 2 is 1.50 bits per heavy atom. The topological polar surface area (TPSA) is 72.0 Å². The first-order chi connectivity index (χ1) is 13.1. The summed E-state index contributed by atoms with van der Waals surface area (Å²) < 4.78 is 65.8. The zero-order valence-corrected chi connectivity index (χ0v) is 16.0. The van der Waals surface area contributed by atoms with Crippen LogP contribution in [0.25, 0.3) is 11.1 Å². The summed E-state index contributed by atoms with van der Waals surface area (Å²) >= 11 is 11.8. The van der Waals surface area contributed by atoms with E-state index in [-0.39, 0.29) is 27.0 Å². The van der Waals surface area contributed by atoms with Crippen LogP contribution in [-0.2, 0) is 16.2 Å². The van der Waals surface area contributed by atoms with Crippen LogP contribution in [0.4, 0.5) is 19.0 Å². The molecule has 1 N–H and O–H groups in total. The molecule has 3 rings (SSSR count). The lowest BCUT2D eigenvalue weighted by Gasteiger charge is -2.13. The van der Waals surface area contributed by atoms with Gasteiger partial charge >= 0.3 is 6.18 Å². The molecule has 146 valence electrons. The van der Waals surface area contributed by atoms with Crippen LogP contribution in [-0.4, -0.2) is 18.4 Å². The average molecular weight is 448 g/mol. The maximum atomic E-state index is 12.8. The van der Waals surface area contributed by atoms with Gasteiger partial charge in [-0.15, -0.1) is 0 Å². The van der Waals surface area contributed by atoms with Gasteiger partial charge in [0.05, 0.1) is 16.0 Å². The van der Waals surface area contributed by atoms with Crippen molar-refractivity contribution in [3.05, 3.63) is 70.6 Å². The Labute approximate surface area is 168 Å². The number of halogens is 5. The maximum Gasteiger partial charge on any atom is 0.416 e. The number of benzene rings is 2. The van der Waals surface area contributed by atoms with E-state index >= 15 is 0 Å². The van der Waals surface area contributed by atoms with E-state index in [1.54, 1.807) is 0 Å². The summed E-state index contributed by atoms with van der Waals surface area (Å²) in [5.41, 5.74) is -0.588. The quantitative estimate of drug-likeness (QED) is 0.552. The van der Waals surface area contributed by atoms with E-state index in [0.717, 1.165) is 30.6 Å². The van der Waals surface area contributed by atoms with Crippen LogP contribution in [0.15, 0.2) is 59.8 Å². The smallest absolute Gasteiger partial charge is 0.263 e. The monoisotopic (exact) mass is 447 g/mol. The first-order valence-corrected chi connectivity index (χ1v) is 9.78. The molecule has 0 aliphatic rings. The molecule has 3 aromatic rings. The first-order valence-electron chi connectivity index (χ1n) is 7.54. The zero-order valence-electron chi connectivity index (χ0n) is 13.7. The van der Waals surface area contributed by atoms with Crippen LogP contribution in [0.3, 0.4) is 0 Å². The molecule has 0 amide bonds. The second-order valence-corrected chi connectivity index (χ2v) is 8.00. The van der Waals surface area contributed by atoms with E-state index in [4.69, 9.17) is 23.2 Å². The first kappa shape index (κ1) is 20.4. The number of rotatable bonds is 4. The summed E-state index contributed by atoms with van der Waals surface area (Å²) in [7, 11) is -4.05. The lowest BCUT2D eigenvalue weighted by Crippen LogP contribution is -2.15. The number of hydrogen-bond donors (Lipinski definition) is 1. The SMILES string of the molecule is O=S(=O)(Nc1ncnc(Cl)c1-c1ccc(C(F)(F)F)cc1)c1ccc(Cl)cc1. The summed E-state index contributed by atoms with van der Waals surface area (Å²) in [4.78, 5) is 7.58. The fourth-order valence-electron chi connectivity index (χ4n) is 2.32. The Morgan fingerprint density at radius 1 is 0.893 bits per heavy atom. The molecule has 1 heterocycles. The van der Waals surface area contributed by atoms with E-state index in [0.29, 0.717) is 5.02 Å². The molecule has 28 heavy (non-hydrogen) atoms. The van der Waals surface area contributed by atoms with Crippen molar-refractivity contribution in [1.29, 1.82) is 0 Å². The molecule has 0 radical (unpaired) electrons. The number of nitrogens with one attached hydrogen (secondary N) is 1. The summed E-state index contributed by atoms with van der Waals surface area (Å²) in [6.07, 6.45) is -3.47. The Bertz CT molecular complexity index is 1100. The molecule has 0 aliphatic heterocycles. The predicted molar refractivity (Wildman–Crippen MR) is 99.7 cm³/mol. The van der Waals surface area contributed by atoms with E-state index < -0.39 is 21.8 Å². The van der Waals surface area contributed by atoms with Crippen LogP contribution in [0.2, 0.25) is 10.2 Å². The highest BCUT2D eigenvalue weighted by molar-refractivity contribution is 7.92. The standard InChI is InChI=1S/C17H10Cl2F3N3O2S/c18-12-5-7-13(8-6-12)28(26,27)25-16-14(15(19)23-9-24-16)10-1-3-11(4-2-10)17(20,21)22/h1-9H,(H,23,24,25). The van der Waals surface area contributed by atoms with Crippen molar-refractivity contribution < 1.29 is 21.6 Å². The van der Waals surface area contributed by atoms with Crippen molar-refractivity contribution in [3.63, 3.8) is 0 Å². The Morgan fingerprint density at radius 3 is 2.07 bits per heavy atom. The Kier molecular flexibility index (Phi) is 5.51. The summed E-state index contributed by atoms with van der Waals surface area (Å²) in [6.45, 7) is 0. The zero-order chi connectivity index (χ0) is 20.5. The largest absolute Gasteiger partial charge is 0.416 e. The van der Waals surface area contributed by atoms with E-state index in [1.165, 1.54) is 24.3 Å². The number of sulfonamides is 1. The van der Waals surface area contributed by atoms with Gasteiger partial charge in [0, 0.05) is 5.02 Å². The molecule has 0 unspecified atom stereocenters. The molecule has 1 aromatic heterocycles. The molecular weight excluding hydrogens is 438 g/mol. The van der Waals surface area contributed by atoms with Gasteiger partial charge in [-0.1, -0.05) is 35.3 Å². The number of hydrogen-bond acceptors (Lipinski definition) is 4. The normalized spacial score (nSPS) is 12.0. The highest BCUT2D eigenvalue weighted by Crippen LogP contribution is 2.36. The minimum absolute atomic E-state index is 0.0513. The summed E-state index contributed by atoms with van der Waals surface area (Å²) in [6, 6.07) is 9.43. The van der Waals surface area contributed by atoms with Gasteiger partial charge in [-0.25, -0.2) is 18.4 Å². The van der Waals surface area contributed by atoms with Gasteiger partial charge in [0.25, 0.3) is 10.0 Å². The average Bonchev–Trinajstić information content (AvgIpc) is 2.61. The molecule has 0 spiro atoms. The van der Waals surface area contributed by atoms with Crippen LogP contribution in [0.5, 0.6) is 0 Å². The molecule has 2 aromatic carbocycles. The summed E-state index contributed by atoms with van der Waals surface area (Å²) in [5.74, 6) is -0.172. The number of alkyl halides is 3. The number of nitrogens with zero attached hydrogens (tertiary/aromatic N) is 2. The highest BCUT2D eigenvalue weighted by Gasteiger charge is 2.30. The van der Waals surface area contributed by atoms with Crippen LogP contribution < -0.4 is 4.72 Å². The van der Waals surface area contributed by atoms with Crippen molar-refractivity contribution in [1.82, 2.24) is 9.97 Å². The number of aromatic nitrogens is 2. The molecule has 5 nitrogen and oxygen atoms in total. The minimum Gasteiger partial charge on any atom is -0.263 e. The molecule has 0 fully saturated rings. The maximum absolute atomic E-state index is 12.8. The van der Waals surface area contributed by atoms with Crippen molar-refractivity contribution in [2.75, 3.05) is 4.72 Å². The molecule has 0 bridgehead atoms. The van der Waals surface area contributed by atoms with Gasteiger partial charge in [0.15, 0.2) is 5.82 Å². The molecule has 0 saturated heterocycles. The Hall–Kier alpha value is -2.36. The second-order valence-electron chi connectivity index (χ2n) is 5.52. The fraction of sp³-hybridized carbons (Fsp3) is 0.0588. The van der Waals surface area contributed by atoms with Gasteiger partial charge < -0.3 is 0 Å². The van der Waals surface area contributed by atoms with Gasteiger partial charge in [0.1, 0.15) is 11.5 Å². The third kappa shape index (κ3) is 4.37. The van der Waals surface area contributed by atoms with Crippen molar-refractivity contribution in [3.8, 4) is 11.1 Å². The van der Waals surface area contributed by atoms with Gasteiger partial charge in [-0.3, -0.25) is 4.72 Å². The third-order valence-corrected chi connectivity index (χ3v) is 5.55. The van der Waals surface area contributed by atoms with E-state index in [1.807, 2.05) is 0 Å². The lowest BCUT2D eigenvalue weighted by atomic mass is 10.1. The highest BCUT2D eigenvalue weighted by atomic mass is 35.5. The number of anilines is 1. The Balaban J connectivity index is 2.02. The van der Waals surface area contributed by atoms with Gasteiger partial charge in [0.2, 0.25) is 0 Å². The van der Waals surface area contributed by atoms with Crippen LogP contribution in [0, 0.1) is 0 Å². The van der Waals surface area contributed by atoms with Crippen LogP contribution in [0.1, 0.15) is 5.56 Å². The van der Waals surface area contributed by atoms with Crippen molar-refractivity contribution >= 4 is 39.0 Å². The molecule has 0 aliphatic carbocycles. The van der Waals surface area contributed by atoms with E-state index in [9.17, 15) is 21.6 Å². The second kappa shape index (κ2) is 7.57. The van der Waals surface area contributed by atoms with E-state index in [2.05, 4.69) is 14.7 Å². The molecule has 0 atom stereocenters. The van der Waals surface area contributed by atoms with Crippen molar-refractivity contribution in [2.24, 2.45) is 0 Å². The molecule has 11 heteroatoms. The third-order valence-electron chi connectivity index (χ3n) is 3.66. The van der Waals surface area contributed by atoms with Gasteiger partial charge in [-0.2, -0.15) is 13.2 Å². The molecule has 0 saturated carbocycles. The molecular formula is C17H10Cl2F3N3O2S. The van der Waals surface area contributed by atoms with Crippen molar-refractivity contribution in [2.45, 2.75) is 11.1 Å². The predicted octanol–water partition coefficient (Wildman–Crippen LogP) is 5.27.